The zero-order valence-electron chi connectivity index (χ0n) is 19.8. The maximum absolute atomic E-state index is 11.2. The van der Waals surface area contributed by atoms with Crippen molar-refractivity contribution in [2.45, 2.75) is 71.1 Å². The summed E-state index contributed by atoms with van der Waals surface area (Å²) in [7, 11) is 0. The number of carboxylic acids is 1. The van der Waals surface area contributed by atoms with Crippen LogP contribution in [0.3, 0.4) is 0 Å². The second-order valence-corrected chi connectivity index (χ2v) is 8.79. The number of hydrogen-bond acceptors (Lipinski definition) is 3. The second-order valence-electron chi connectivity index (χ2n) is 8.79. The topological polar surface area (TPSA) is 55.8 Å². The van der Waals surface area contributed by atoms with Crippen LogP contribution in [0.5, 0.6) is 11.5 Å². The fraction of sp³-hybridized carbons (Fsp3) is 0.483. The van der Waals surface area contributed by atoms with E-state index in [-0.39, 0.29) is 5.92 Å². The first kappa shape index (κ1) is 24.7. The van der Waals surface area contributed by atoms with E-state index in [1.165, 1.54) is 44.1 Å². The smallest absolute Gasteiger partial charge is 0.306 e. The molecule has 1 unspecified atom stereocenters. The highest BCUT2D eigenvalue weighted by Gasteiger charge is 2.24. The molecule has 0 heterocycles. The number of aryl methyl sites for hydroxylation is 1. The lowest BCUT2D eigenvalue weighted by Crippen LogP contribution is -2.22. The standard InChI is InChI=1S/C29H36O4/c1-2-3-4-5-6-7-8-19-32-27-16-11-23(12-17-27)10-9-20-33-28-18-15-24-21-26(29(30)31)14-13-25(24)22-28/h11-12,15-18,22,26H,2-8,13-14,19-21H2,1H3,(H,30,31). The quantitative estimate of drug-likeness (QED) is 0.300. The average molecular weight is 449 g/mol. The summed E-state index contributed by atoms with van der Waals surface area (Å²) in [5.74, 6) is 6.89. The number of ether oxygens (including phenoxy) is 2. The number of aliphatic carboxylic acids is 1. The summed E-state index contributed by atoms with van der Waals surface area (Å²) in [6, 6.07) is 13.8. The molecule has 0 radical (unpaired) electrons. The maximum Gasteiger partial charge on any atom is 0.306 e. The van der Waals surface area contributed by atoms with Crippen molar-refractivity contribution in [2.75, 3.05) is 13.2 Å². The fourth-order valence-electron chi connectivity index (χ4n) is 4.17. The van der Waals surface area contributed by atoms with E-state index in [0.29, 0.717) is 19.4 Å². The first-order chi connectivity index (χ1) is 16.2. The molecule has 0 bridgehead atoms. The predicted molar refractivity (Wildman–Crippen MR) is 132 cm³/mol. The van der Waals surface area contributed by atoms with Crippen LogP contribution in [0, 0.1) is 17.8 Å². The molecule has 1 N–H and O–H groups in total. The Hall–Kier alpha value is -2.93. The van der Waals surface area contributed by atoms with Crippen molar-refractivity contribution in [1.29, 1.82) is 0 Å². The van der Waals surface area contributed by atoms with E-state index in [4.69, 9.17) is 9.47 Å². The van der Waals surface area contributed by atoms with Crippen LogP contribution in [0.2, 0.25) is 0 Å². The molecule has 0 saturated carbocycles. The fourth-order valence-corrected chi connectivity index (χ4v) is 4.17. The van der Waals surface area contributed by atoms with E-state index in [1.807, 2.05) is 42.5 Å². The second kappa shape index (κ2) is 13.6. The lowest BCUT2D eigenvalue weighted by atomic mass is 9.84. The molecule has 0 spiro atoms. The van der Waals surface area contributed by atoms with Gasteiger partial charge >= 0.3 is 5.97 Å². The van der Waals surface area contributed by atoms with Crippen molar-refractivity contribution in [3.05, 3.63) is 59.2 Å². The molecule has 1 aliphatic carbocycles. The van der Waals surface area contributed by atoms with Gasteiger partial charge in [0.2, 0.25) is 0 Å². The number of hydrogen-bond donors (Lipinski definition) is 1. The molecule has 2 aromatic carbocycles. The number of carboxylic acid groups (broad SMARTS) is 1. The molecule has 1 atom stereocenters. The van der Waals surface area contributed by atoms with Gasteiger partial charge in [0.1, 0.15) is 18.1 Å². The largest absolute Gasteiger partial charge is 0.494 e. The van der Waals surface area contributed by atoms with Crippen LogP contribution in [0.1, 0.15) is 75.0 Å². The van der Waals surface area contributed by atoms with Gasteiger partial charge in [-0.1, -0.05) is 63.4 Å². The minimum Gasteiger partial charge on any atom is -0.494 e. The van der Waals surface area contributed by atoms with Crippen LogP contribution < -0.4 is 9.47 Å². The minimum absolute atomic E-state index is 0.271. The van der Waals surface area contributed by atoms with Crippen molar-refractivity contribution >= 4 is 5.97 Å². The highest BCUT2D eigenvalue weighted by Crippen LogP contribution is 2.28. The summed E-state index contributed by atoms with van der Waals surface area (Å²) in [5.41, 5.74) is 3.23. The average Bonchev–Trinajstić information content (AvgIpc) is 2.84. The molecule has 0 aliphatic heterocycles. The monoisotopic (exact) mass is 448 g/mol. The van der Waals surface area contributed by atoms with Gasteiger partial charge in [-0.05, 0) is 73.2 Å². The lowest BCUT2D eigenvalue weighted by Gasteiger charge is -2.21. The molecule has 1 aliphatic rings. The van der Waals surface area contributed by atoms with E-state index in [9.17, 15) is 9.90 Å². The highest BCUT2D eigenvalue weighted by atomic mass is 16.5. The van der Waals surface area contributed by atoms with Gasteiger partial charge in [0.05, 0.1) is 12.5 Å². The van der Waals surface area contributed by atoms with E-state index in [0.717, 1.165) is 42.1 Å². The Bertz CT molecular complexity index is 936. The summed E-state index contributed by atoms with van der Waals surface area (Å²) in [5, 5.41) is 9.21. The van der Waals surface area contributed by atoms with Crippen molar-refractivity contribution in [1.82, 2.24) is 0 Å². The summed E-state index contributed by atoms with van der Waals surface area (Å²) in [6.45, 7) is 3.33. The van der Waals surface area contributed by atoms with E-state index < -0.39 is 5.97 Å². The van der Waals surface area contributed by atoms with Crippen LogP contribution in [0.25, 0.3) is 0 Å². The number of fused-ring (bicyclic) bond motifs is 1. The molecule has 176 valence electrons. The van der Waals surface area contributed by atoms with E-state index in [1.54, 1.807) is 0 Å². The van der Waals surface area contributed by atoms with Crippen molar-refractivity contribution in [3.63, 3.8) is 0 Å². The molecule has 4 nitrogen and oxygen atoms in total. The van der Waals surface area contributed by atoms with Gasteiger partial charge in [-0.15, -0.1) is 0 Å². The predicted octanol–water partition coefficient (Wildman–Crippen LogP) is 6.44. The minimum atomic E-state index is -0.705. The third kappa shape index (κ3) is 8.50. The van der Waals surface area contributed by atoms with Crippen LogP contribution in [0.15, 0.2) is 42.5 Å². The molecule has 4 heteroatoms. The van der Waals surface area contributed by atoms with Crippen molar-refractivity contribution < 1.29 is 19.4 Å². The summed E-state index contributed by atoms with van der Waals surface area (Å²) >= 11 is 0. The molecular formula is C29H36O4. The molecule has 33 heavy (non-hydrogen) atoms. The summed E-state index contributed by atoms with van der Waals surface area (Å²) in [4.78, 5) is 11.2. The molecular weight excluding hydrogens is 412 g/mol. The van der Waals surface area contributed by atoms with Gasteiger partial charge in [0.15, 0.2) is 0 Å². The number of carbonyl (C=O) groups is 1. The lowest BCUT2D eigenvalue weighted by molar-refractivity contribution is -0.142. The van der Waals surface area contributed by atoms with Crippen LogP contribution >= 0.6 is 0 Å². The summed E-state index contributed by atoms with van der Waals surface area (Å²) < 4.78 is 11.6. The Balaban J connectivity index is 1.36. The van der Waals surface area contributed by atoms with Gasteiger partial charge in [-0.25, -0.2) is 0 Å². The summed E-state index contributed by atoms with van der Waals surface area (Å²) in [6.07, 6.45) is 11.0. The SMILES string of the molecule is CCCCCCCCCOc1ccc(C#CCOc2ccc3c(c2)CCC(C(=O)O)C3)cc1. The van der Waals surface area contributed by atoms with Crippen LogP contribution in [-0.4, -0.2) is 24.3 Å². The van der Waals surface area contributed by atoms with Gasteiger partial charge in [0, 0.05) is 5.56 Å². The normalized spacial score (nSPS) is 14.6. The Morgan fingerprint density at radius 2 is 1.67 bits per heavy atom. The van der Waals surface area contributed by atoms with Gasteiger partial charge in [-0.3, -0.25) is 4.79 Å². The Morgan fingerprint density at radius 3 is 2.42 bits per heavy atom. The third-order valence-electron chi connectivity index (χ3n) is 6.17. The first-order valence-electron chi connectivity index (χ1n) is 12.3. The maximum atomic E-state index is 11.2. The number of benzene rings is 2. The van der Waals surface area contributed by atoms with E-state index in [2.05, 4.69) is 18.8 Å². The van der Waals surface area contributed by atoms with Crippen molar-refractivity contribution in [2.24, 2.45) is 5.92 Å². The number of rotatable bonds is 12. The molecule has 0 fully saturated rings. The Kier molecular flexibility index (Phi) is 10.2. The first-order valence-corrected chi connectivity index (χ1v) is 12.3. The Morgan fingerprint density at radius 1 is 0.939 bits per heavy atom. The molecule has 0 amide bonds. The molecule has 0 aromatic heterocycles. The highest BCUT2D eigenvalue weighted by molar-refractivity contribution is 5.71. The molecule has 0 saturated heterocycles. The zero-order chi connectivity index (χ0) is 23.3. The van der Waals surface area contributed by atoms with E-state index >= 15 is 0 Å². The third-order valence-corrected chi connectivity index (χ3v) is 6.17. The Labute approximate surface area is 198 Å². The molecule has 2 aromatic rings. The van der Waals surface area contributed by atoms with Gasteiger partial charge in [-0.2, -0.15) is 0 Å². The van der Waals surface area contributed by atoms with Crippen molar-refractivity contribution in [3.8, 4) is 23.3 Å². The van der Waals surface area contributed by atoms with Crippen LogP contribution in [-0.2, 0) is 17.6 Å². The zero-order valence-corrected chi connectivity index (χ0v) is 19.8. The molecule has 3 rings (SSSR count). The van der Waals surface area contributed by atoms with Gasteiger partial charge in [0.25, 0.3) is 0 Å². The van der Waals surface area contributed by atoms with Gasteiger partial charge < -0.3 is 14.6 Å². The number of unbranched alkanes of at least 4 members (excludes halogenated alkanes) is 6. The van der Waals surface area contributed by atoms with Crippen LogP contribution in [0.4, 0.5) is 0 Å².